The zero-order chi connectivity index (χ0) is 41.2. The highest BCUT2D eigenvalue weighted by molar-refractivity contribution is 6.10. The quantitative estimate of drug-likeness (QED) is 0.159. The van der Waals surface area contributed by atoms with E-state index < -0.39 is 5.41 Å². The SMILES string of the molecule is Fc1ccc(-c2ccc(N(c3ccc(-c4ccc5c6c(cccc46)-c4ccccc4O5)cc3)c3ccc4c(c3)C(c3ccccc3)(c3ccccc3)c3ccccc3-4)cc2)cc1. The molecule has 0 spiro atoms. The van der Waals surface area contributed by atoms with Crippen LogP contribution in [-0.2, 0) is 5.41 Å². The second-order valence-electron chi connectivity index (χ2n) is 16.1. The third-order valence-electron chi connectivity index (χ3n) is 12.8. The number of nitrogens with zero attached hydrogens (tertiary/aromatic N) is 1. The molecule has 0 amide bonds. The van der Waals surface area contributed by atoms with Crippen molar-refractivity contribution in [1.82, 2.24) is 0 Å². The first-order valence-electron chi connectivity index (χ1n) is 21.1. The first kappa shape index (κ1) is 35.9. The molecule has 0 saturated heterocycles. The number of halogens is 1. The summed E-state index contributed by atoms with van der Waals surface area (Å²) >= 11 is 0. The summed E-state index contributed by atoms with van der Waals surface area (Å²) in [6.45, 7) is 0. The van der Waals surface area contributed by atoms with Gasteiger partial charge in [0.25, 0.3) is 0 Å². The number of rotatable bonds is 7. The monoisotopic (exact) mass is 795 g/mol. The van der Waals surface area contributed by atoms with Crippen LogP contribution in [0.5, 0.6) is 11.5 Å². The highest BCUT2D eigenvalue weighted by Gasteiger charge is 2.46. The second-order valence-corrected chi connectivity index (χ2v) is 16.1. The van der Waals surface area contributed by atoms with Gasteiger partial charge < -0.3 is 9.64 Å². The average Bonchev–Trinajstić information content (AvgIpc) is 3.63. The molecule has 0 radical (unpaired) electrons. The second kappa shape index (κ2) is 14.3. The van der Waals surface area contributed by atoms with Gasteiger partial charge >= 0.3 is 0 Å². The molecule has 3 heteroatoms. The number of anilines is 3. The lowest BCUT2D eigenvalue weighted by molar-refractivity contribution is 0.487. The Labute approximate surface area is 360 Å². The van der Waals surface area contributed by atoms with Crippen LogP contribution in [0.1, 0.15) is 22.3 Å². The molecule has 1 heterocycles. The minimum absolute atomic E-state index is 0.243. The highest BCUT2D eigenvalue weighted by atomic mass is 19.1. The fraction of sp³-hybridized carbons (Fsp3) is 0.0169. The molecule has 0 bridgehead atoms. The van der Waals surface area contributed by atoms with Crippen molar-refractivity contribution in [3.63, 3.8) is 0 Å². The maximum atomic E-state index is 13.9. The van der Waals surface area contributed by atoms with Gasteiger partial charge in [-0.25, -0.2) is 4.39 Å². The van der Waals surface area contributed by atoms with Crippen molar-refractivity contribution in [3.05, 3.63) is 259 Å². The zero-order valence-corrected chi connectivity index (χ0v) is 33.7. The van der Waals surface area contributed by atoms with E-state index in [2.05, 4.69) is 199 Å². The topological polar surface area (TPSA) is 12.5 Å². The Hall–Kier alpha value is -8.01. The molecule has 0 N–H and O–H groups in total. The van der Waals surface area contributed by atoms with Gasteiger partial charge in [-0.3, -0.25) is 0 Å². The molecule has 10 aromatic rings. The zero-order valence-electron chi connectivity index (χ0n) is 33.7. The highest BCUT2D eigenvalue weighted by Crippen LogP contribution is 2.57. The van der Waals surface area contributed by atoms with Gasteiger partial charge in [0.1, 0.15) is 17.3 Å². The first-order valence-corrected chi connectivity index (χ1v) is 21.1. The summed E-state index contributed by atoms with van der Waals surface area (Å²) in [4.78, 5) is 2.35. The Kier molecular flexibility index (Phi) is 8.29. The number of para-hydroxylation sites is 1. The number of hydrogen-bond acceptors (Lipinski definition) is 2. The Balaban J connectivity index is 1.03. The molecule has 0 saturated carbocycles. The predicted octanol–water partition coefficient (Wildman–Crippen LogP) is 15.9. The van der Waals surface area contributed by atoms with Gasteiger partial charge in [0.15, 0.2) is 0 Å². The Morgan fingerprint density at radius 3 is 1.58 bits per heavy atom. The minimum Gasteiger partial charge on any atom is -0.456 e. The third-order valence-corrected chi connectivity index (χ3v) is 12.8. The smallest absolute Gasteiger partial charge is 0.135 e. The molecule has 2 aliphatic rings. The van der Waals surface area contributed by atoms with Gasteiger partial charge in [-0.15, -0.1) is 0 Å². The minimum atomic E-state index is -0.536. The van der Waals surface area contributed by atoms with E-state index in [0.29, 0.717) is 0 Å². The van der Waals surface area contributed by atoms with Crippen LogP contribution in [0.25, 0.3) is 55.3 Å². The standard InChI is InChI=1S/C59H38FNO/c60-44-28-22-39(23-29-44)40-24-30-45(31-25-40)61(46-32-26-41(27-33-46)48-36-37-57-58-52(48)18-11-19-53(58)51-17-8-10-21-56(51)62-57)47-34-35-50-49-16-7-9-20-54(49)59(55(50)38-47,42-12-3-1-4-13-42)43-14-5-2-6-15-43/h1-38H. The van der Waals surface area contributed by atoms with Crippen LogP contribution in [0.15, 0.2) is 231 Å². The summed E-state index contributed by atoms with van der Waals surface area (Å²) < 4.78 is 20.3. The molecule has 2 nitrogen and oxygen atoms in total. The molecular formula is C59H38FNO. The summed E-state index contributed by atoms with van der Waals surface area (Å²) in [6, 6.07) is 81.0. The van der Waals surface area contributed by atoms with Crippen molar-refractivity contribution in [3.8, 4) is 56.0 Å². The number of ether oxygens (including phenoxy) is 1. The van der Waals surface area contributed by atoms with Crippen molar-refractivity contribution < 1.29 is 9.13 Å². The van der Waals surface area contributed by atoms with Crippen LogP contribution < -0.4 is 9.64 Å². The average molecular weight is 796 g/mol. The van der Waals surface area contributed by atoms with Crippen LogP contribution in [0.4, 0.5) is 21.5 Å². The van der Waals surface area contributed by atoms with Crippen LogP contribution in [0.2, 0.25) is 0 Å². The molecular weight excluding hydrogens is 758 g/mol. The number of fused-ring (bicyclic) bond motifs is 5. The summed E-state index contributed by atoms with van der Waals surface area (Å²) in [7, 11) is 0. The summed E-state index contributed by atoms with van der Waals surface area (Å²) in [5, 5.41) is 2.29. The van der Waals surface area contributed by atoms with Gasteiger partial charge in [-0.05, 0) is 127 Å². The van der Waals surface area contributed by atoms with Crippen molar-refractivity contribution in [2.75, 3.05) is 4.90 Å². The summed E-state index contributed by atoms with van der Waals surface area (Å²) in [5.41, 5.74) is 16.6. The lowest BCUT2D eigenvalue weighted by Gasteiger charge is -2.35. The predicted molar refractivity (Wildman–Crippen MR) is 252 cm³/mol. The van der Waals surface area contributed by atoms with Crippen LogP contribution in [0, 0.1) is 5.82 Å². The fourth-order valence-corrected chi connectivity index (χ4v) is 10.1. The van der Waals surface area contributed by atoms with Gasteiger partial charge in [0, 0.05) is 28.0 Å². The molecule has 62 heavy (non-hydrogen) atoms. The molecule has 10 aromatic carbocycles. The molecule has 12 rings (SSSR count). The molecule has 1 aliphatic carbocycles. The van der Waals surface area contributed by atoms with Crippen LogP contribution in [-0.4, -0.2) is 0 Å². The van der Waals surface area contributed by atoms with E-state index in [1.165, 1.54) is 51.1 Å². The van der Waals surface area contributed by atoms with Crippen molar-refractivity contribution in [1.29, 1.82) is 0 Å². The van der Waals surface area contributed by atoms with Crippen molar-refractivity contribution >= 4 is 27.8 Å². The van der Waals surface area contributed by atoms with Crippen LogP contribution in [0.3, 0.4) is 0 Å². The van der Waals surface area contributed by atoms with E-state index in [1.807, 2.05) is 24.3 Å². The maximum absolute atomic E-state index is 13.9. The third kappa shape index (κ3) is 5.56. The molecule has 292 valence electrons. The summed E-state index contributed by atoms with van der Waals surface area (Å²) in [5.74, 6) is 1.52. The molecule has 0 aromatic heterocycles. The molecule has 0 fully saturated rings. The number of hydrogen-bond donors (Lipinski definition) is 0. The maximum Gasteiger partial charge on any atom is 0.135 e. The molecule has 1 aliphatic heterocycles. The van der Waals surface area contributed by atoms with E-state index in [1.54, 1.807) is 0 Å². The van der Waals surface area contributed by atoms with E-state index in [0.717, 1.165) is 67.2 Å². The van der Waals surface area contributed by atoms with Gasteiger partial charge in [-0.1, -0.05) is 170 Å². The molecule has 0 atom stereocenters. The van der Waals surface area contributed by atoms with Crippen LogP contribution >= 0.6 is 0 Å². The van der Waals surface area contributed by atoms with E-state index in [-0.39, 0.29) is 5.82 Å². The van der Waals surface area contributed by atoms with Gasteiger partial charge in [-0.2, -0.15) is 0 Å². The lowest BCUT2D eigenvalue weighted by Crippen LogP contribution is -2.28. The van der Waals surface area contributed by atoms with Crippen molar-refractivity contribution in [2.24, 2.45) is 0 Å². The Bertz CT molecular complexity index is 3260. The summed E-state index contributed by atoms with van der Waals surface area (Å²) in [6.07, 6.45) is 0. The largest absolute Gasteiger partial charge is 0.456 e. The fourth-order valence-electron chi connectivity index (χ4n) is 10.1. The lowest BCUT2D eigenvalue weighted by atomic mass is 9.67. The van der Waals surface area contributed by atoms with E-state index in [9.17, 15) is 4.39 Å². The van der Waals surface area contributed by atoms with Gasteiger partial charge in [0.05, 0.1) is 5.41 Å². The van der Waals surface area contributed by atoms with Crippen molar-refractivity contribution in [2.45, 2.75) is 5.41 Å². The molecule has 0 unspecified atom stereocenters. The van der Waals surface area contributed by atoms with E-state index in [4.69, 9.17) is 4.74 Å². The normalized spacial score (nSPS) is 12.9. The Morgan fingerprint density at radius 1 is 0.355 bits per heavy atom. The van der Waals surface area contributed by atoms with E-state index >= 15 is 0 Å². The first-order chi connectivity index (χ1) is 30.6. The Morgan fingerprint density at radius 2 is 0.887 bits per heavy atom. The van der Waals surface area contributed by atoms with Gasteiger partial charge in [0.2, 0.25) is 0 Å². The number of benzene rings is 10.